The summed E-state index contributed by atoms with van der Waals surface area (Å²) in [4.78, 5) is 7.36. The molecule has 4 rings (SSSR count). The minimum absolute atomic E-state index is 0.0556. The maximum absolute atomic E-state index is 14.8. The standard InChI is InChI=1S/C22H21ClF2N2O2S/c23-16-1-4-18(5-2-16)30(28,29)22(19-14-17(24)3-6-20(19)25)9-7-15(8-10-22)13-21-26-11-12-27-21/h1-6,11-12,14-15H,7-10,13H2,(H,26,27)/t15-,22+. The van der Waals surface area contributed by atoms with Gasteiger partial charge in [0.05, 0.1) is 4.90 Å². The molecule has 30 heavy (non-hydrogen) atoms. The van der Waals surface area contributed by atoms with Crippen LogP contribution in [0.25, 0.3) is 0 Å². The Morgan fingerprint density at radius 2 is 1.80 bits per heavy atom. The van der Waals surface area contributed by atoms with E-state index < -0.39 is 26.2 Å². The summed E-state index contributed by atoms with van der Waals surface area (Å²) >= 11 is 5.92. The SMILES string of the molecule is O=S(=O)(c1ccc(Cl)cc1)[C@]1(c2cc(F)ccc2F)CC[C@H](Cc2ncc[nH]2)CC1. The summed E-state index contributed by atoms with van der Waals surface area (Å²) in [7, 11) is -4.01. The third kappa shape index (κ3) is 3.76. The molecule has 3 aromatic rings. The fourth-order valence-electron chi connectivity index (χ4n) is 4.40. The Bertz CT molecular complexity index is 1120. The van der Waals surface area contributed by atoms with Gasteiger partial charge in [0.25, 0.3) is 0 Å². The second-order valence-corrected chi connectivity index (χ2v) is 10.5. The largest absolute Gasteiger partial charge is 0.349 e. The number of hydrogen-bond acceptors (Lipinski definition) is 3. The highest BCUT2D eigenvalue weighted by Gasteiger charge is 2.50. The van der Waals surface area contributed by atoms with Crippen molar-refractivity contribution in [1.82, 2.24) is 9.97 Å². The van der Waals surface area contributed by atoms with Crippen LogP contribution in [0.15, 0.2) is 59.8 Å². The lowest BCUT2D eigenvalue weighted by Crippen LogP contribution is -2.41. The predicted molar refractivity (Wildman–Crippen MR) is 111 cm³/mol. The van der Waals surface area contributed by atoms with Crippen molar-refractivity contribution in [3.8, 4) is 0 Å². The molecule has 0 saturated heterocycles. The molecule has 158 valence electrons. The molecule has 0 aliphatic heterocycles. The normalized spacial score (nSPS) is 22.2. The summed E-state index contributed by atoms with van der Waals surface area (Å²) in [6, 6.07) is 8.86. The third-order valence-corrected chi connectivity index (χ3v) is 8.81. The average Bonchev–Trinajstić information content (AvgIpc) is 3.24. The molecule has 0 spiro atoms. The topological polar surface area (TPSA) is 62.8 Å². The van der Waals surface area contributed by atoms with Crippen molar-refractivity contribution in [3.05, 3.63) is 82.9 Å². The van der Waals surface area contributed by atoms with Gasteiger partial charge >= 0.3 is 0 Å². The summed E-state index contributed by atoms with van der Waals surface area (Å²) in [5, 5.41) is 0.405. The first-order chi connectivity index (χ1) is 14.3. The molecule has 0 bridgehead atoms. The number of H-pyrrole nitrogens is 1. The van der Waals surface area contributed by atoms with Crippen molar-refractivity contribution >= 4 is 21.4 Å². The molecule has 0 radical (unpaired) electrons. The zero-order chi connectivity index (χ0) is 21.4. The number of sulfone groups is 1. The molecular weight excluding hydrogens is 430 g/mol. The van der Waals surface area contributed by atoms with Gasteiger partial charge in [0.1, 0.15) is 22.2 Å². The van der Waals surface area contributed by atoms with Crippen molar-refractivity contribution in [2.75, 3.05) is 0 Å². The van der Waals surface area contributed by atoms with Crippen molar-refractivity contribution in [3.63, 3.8) is 0 Å². The summed E-state index contributed by atoms with van der Waals surface area (Å²) in [5.74, 6) is -0.320. The molecule has 0 atom stereocenters. The minimum Gasteiger partial charge on any atom is -0.349 e. The summed E-state index contributed by atoms with van der Waals surface area (Å²) in [6.45, 7) is 0. The Morgan fingerprint density at radius 3 is 2.43 bits per heavy atom. The summed E-state index contributed by atoms with van der Waals surface area (Å²) < 4.78 is 54.9. The molecule has 1 aliphatic carbocycles. The quantitative estimate of drug-likeness (QED) is 0.562. The fraction of sp³-hybridized carbons (Fsp3) is 0.318. The zero-order valence-electron chi connectivity index (χ0n) is 16.1. The van der Waals surface area contributed by atoms with E-state index in [-0.39, 0.29) is 29.2 Å². The Morgan fingerprint density at radius 1 is 1.10 bits per heavy atom. The van der Waals surface area contributed by atoms with Crippen LogP contribution in [0.1, 0.15) is 37.1 Å². The van der Waals surface area contributed by atoms with Gasteiger partial charge in [-0.1, -0.05) is 11.6 Å². The van der Waals surface area contributed by atoms with E-state index in [1.165, 1.54) is 24.3 Å². The monoisotopic (exact) mass is 450 g/mol. The summed E-state index contributed by atoms with van der Waals surface area (Å²) in [6.07, 6.45) is 5.63. The van der Waals surface area contributed by atoms with Crippen LogP contribution in [0, 0.1) is 17.6 Å². The molecule has 4 nitrogen and oxygen atoms in total. The Kier molecular flexibility index (Phi) is 5.68. The molecule has 1 saturated carbocycles. The predicted octanol–water partition coefficient (Wildman–Crippen LogP) is 5.44. The Hall–Kier alpha value is -2.25. The van der Waals surface area contributed by atoms with Gasteiger partial charge in [-0.15, -0.1) is 0 Å². The molecule has 1 fully saturated rings. The van der Waals surface area contributed by atoms with Crippen LogP contribution >= 0.6 is 11.6 Å². The van der Waals surface area contributed by atoms with Gasteiger partial charge in [-0.25, -0.2) is 22.2 Å². The lowest BCUT2D eigenvalue weighted by atomic mass is 9.76. The van der Waals surface area contributed by atoms with Crippen molar-refractivity contribution in [2.24, 2.45) is 5.92 Å². The van der Waals surface area contributed by atoms with E-state index >= 15 is 0 Å². The number of benzene rings is 2. The van der Waals surface area contributed by atoms with Gasteiger partial charge in [0.2, 0.25) is 0 Å². The molecule has 8 heteroatoms. The van der Waals surface area contributed by atoms with E-state index in [4.69, 9.17) is 11.6 Å². The first kappa shape index (κ1) is 21.0. The van der Waals surface area contributed by atoms with Crippen LogP contribution < -0.4 is 0 Å². The van der Waals surface area contributed by atoms with Crippen molar-refractivity contribution in [1.29, 1.82) is 0 Å². The highest BCUT2D eigenvalue weighted by molar-refractivity contribution is 7.92. The van der Waals surface area contributed by atoms with Gasteiger partial charge in [0.15, 0.2) is 9.84 Å². The van der Waals surface area contributed by atoms with Crippen LogP contribution in [0.3, 0.4) is 0 Å². The van der Waals surface area contributed by atoms with E-state index in [1.807, 2.05) is 0 Å². The first-order valence-electron chi connectivity index (χ1n) is 9.76. The maximum atomic E-state index is 14.8. The molecule has 0 unspecified atom stereocenters. The van der Waals surface area contributed by atoms with E-state index in [0.29, 0.717) is 24.3 Å². The van der Waals surface area contributed by atoms with Crippen LogP contribution in [0.5, 0.6) is 0 Å². The van der Waals surface area contributed by atoms with Crippen molar-refractivity contribution in [2.45, 2.75) is 41.7 Å². The number of rotatable bonds is 5. The van der Waals surface area contributed by atoms with E-state index in [2.05, 4.69) is 9.97 Å². The molecule has 1 N–H and O–H groups in total. The van der Waals surface area contributed by atoms with E-state index in [1.54, 1.807) is 12.4 Å². The highest BCUT2D eigenvalue weighted by atomic mass is 35.5. The number of aromatic amines is 1. The third-order valence-electron chi connectivity index (χ3n) is 6.01. The average molecular weight is 451 g/mol. The smallest absolute Gasteiger partial charge is 0.188 e. The second-order valence-electron chi connectivity index (χ2n) is 7.76. The molecule has 1 aliphatic rings. The number of hydrogen-bond donors (Lipinski definition) is 1. The number of aromatic nitrogens is 2. The van der Waals surface area contributed by atoms with E-state index in [9.17, 15) is 17.2 Å². The number of nitrogens with zero attached hydrogens (tertiary/aromatic N) is 1. The highest BCUT2D eigenvalue weighted by Crippen LogP contribution is 2.49. The number of halogens is 3. The van der Waals surface area contributed by atoms with Gasteiger partial charge in [-0.05, 0) is 74.1 Å². The first-order valence-corrected chi connectivity index (χ1v) is 11.6. The van der Waals surface area contributed by atoms with Gasteiger partial charge < -0.3 is 4.98 Å². The Labute approximate surface area is 179 Å². The summed E-state index contributed by atoms with van der Waals surface area (Å²) in [5.41, 5.74) is -0.103. The lowest BCUT2D eigenvalue weighted by molar-refractivity contribution is 0.282. The van der Waals surface area contributed by atoms with E-state index in [0.717, 1.165) is 24.0 Å². The second kappa shape index (κ2) is 8.12. The molecule has 1 heterocycles. The molecule has 1 aromatic heterocycles. The van der Waals surface area contributed by atoms with Crippen LogP contribution in [0.4, 0.5) is 8.78 Å². The van der Waals surface area contributed by atoms with Crippen LogP contribution in [-0.2, 0) is 21.0 Å². The van der Waals surface area contributed by atoms with Crippen molar-refractivity contribution < 1.29 is 17.2 Å². The Balaban J connectivity index is 1.75. The number of nitrogens with one attached hydrogen (secondary N) is 1. The molecule has 0 amide bonds. The van der Waals surface area contributed by atoms with Gasteiger partial charge in [0, 0.05) is 29.4 Å². The lowest BCUT2D eigenvalue weighted by Gasteiger charge is -2.40. The zero-order valence-corrected chi connectivity index (χ0v) is 17.7. The van der Waals surface area contributed by atoms with Crippen LogP contribution in [-0.4, -0.2) is 18.4 Å². The van der Waals surface area contributed by atoms with Gasteiger partial charge in [-0.2, -0.15) is 0 Å². The fourth-order valence-corrected chi connectivity index (χ4v) is 6.69. The van der Waals surface area contributed by atoms with Crippen LogP contribution in [0.2, 0.25) is 5.02 Å². The van der Waals surface area contributed by atoms with Gasteiger partial charge in [-0.3, -0.25) is 0 Å². The minimum atomic E-state index is -4.01. The maximum Gasteiger partial charge on any atom is 0.188 e. The molecular formula is C22H21ClF2N2O2S. The molecule has 2 aromatic carbocycles. The number of imidazole rings is 1.